The summed E-state index contributed by atoms with van der Waals surface area (Å²) < 4.78 is 23.5. The second-order valence-corrected chi connectivity index (χ2v) is 4.00. The van der Waals surface area contributed by atoms with Crippen molar-refractivity contribution in [2.24, 2.45) is 5.84 Å². The quantitative estimate of drug-likeness (QED) is 0.631. The Morgan fingerprint density at radius 1 is 1.15 bits per heavy atom. The third kappa shape index (κ3) is 2.84. The summed E-state index contributed by atoms with van der Waals surface area (Å²) in [7, 11) is 2.89. The number of nitrogens with zero attached hydrogens (tertiary/aromatic N) is 2. The number of hydrogen-bond donors (Lipinski definition) is 2. The molecule has 1 aromatic heterocycles. The van der Waals surface area contributed by atoms with E-state index < -0.39 is 11.9 Å². The fourth-order valence-corrected chi connectivity index (χ4v) is 1.83. The predicted molar refractivity (Wildman–Crippen MR) is 70.7 cm³/mol. The number of hydrazine groups is 1. The Hall–Kier alpha value is -2.25. The van der Waals surface area contributed by atoms with Gasteiger partial charge in [0.2, 0.25) is 0 Å². The van der Waals surface area contributed by atoms with Crippen molar-refractivity contribution in [1.29, 1.82) is 0 Å². The molecule has 0 amide bonds. The fraction of sp³-hybridized carbons (Fsp3) is 0.231. The summed E-state index contributed by atoms with van der Waals surface area (Å²) in [6.45, 7) is 0. The molecule has 1 aromatic carbocycles. The van der Waals surface area contributed by atoms with E-state index in [-0.39, 0.29) is 11.8 Å². The van der Waals surface area contributed by atoms with Gasteiger partial charge in [0, 0.05) is 18.0 Å². The summed E-state index contributed by atoms with van der Waals surface area (Å²) in [6, 6.07) is 4.44. The molecular weight excluding hydrogens is 263 g/mol. The number of nitrogens with two attached hydrogens (primary N) is 1. The van der Waals surface area contributed by atoms with E-state index in [4.69, 9.17) is 15.3 Å². The van der Waals surface area contributed by atoms with Crippen LogP contribution in [0.5, 0.6) is 11.8 Å². The lowest BCUT2D eigenvalue weighted by Crippen LogP contribution is -2.29. The monoisotopic (exact) mass is 278 g/mol. The van der Waals surface area contributed by atoms with E-state index in [1.54, 1.807) is 24.5 Å². The highest BCUT2D eigenvalue weighted by Crippen LogP contribution is 2.25. The highest BCUT2D eigenvalue weighted by molar-refractivity contribution is 5.35. The van der Waals surface area contributed by atoms with E-state index in [2.05, 4.69) is 15.4 Å². The van der Waals surface area contributed by atoms with Crippen molar-refractivity contribution in [1.82, 2.24) is 15.4 Å². The van der Waals surface area contributed by atoms with Gasteiger partial charge in [0.15, 0.2) is 11.6 Å². The highest BCUT2D eigenvalue weighted by Gasteiger charge is 2.16. The van der Waals surface area contributed by atoms with Crippen molar-refractivity contribution in [2.75, 3.05) is 14.2 Å². The SMILES string of the molecule is COc1ncc(C(NN)c2ccc(OC)c(F)c2)cn1. The molecular formula is C13H15FN4O2. The Morgan fingerprint density at radius 2 is 1.85 bits per heavy atom. The van der Waals surface area contributed by atoms with E-state index in [0.29, 0.717) is 11.1 Å². The zero-order chi connectivity index (χ0) is 14.5. The molecule has 0 spiro atoms. The third-order valence-electron chi connectivity index (χ3n) is 2.84. The first-order valence-electron chi connectivity index (χ1n) is 5.85. The van der Waals surface area contributed by atoms with E-state index in [1.807, 2.05) is 0 Å². The minimum atomic E-state index is -0.459. The fourth-order valence-electron chi connectivity index (χ4n) is 1.83. The maximum atomic E-state index is 13.7. The minimum absolute atomic E-state index is 0.176. The number of benzene rings is 1. The van der Waals surface area contributed by atoms with Gasteiger partial charge in [0.1, 0.15) is 0 Å². The van der Waals surface area contributed by atoms with Gasteiger partial charge in [-0.1, -0.05) is 6.07 Å². The van der Waals surface area contributed by atoms with Crippen LogP contribution < -0.4 is 20.7 Å². The number of nitrogens with one attached hydrogen (secondary N) is 1. The third-order valence-corrected chi connectivity index (χ3v) is 2.84. The minimum Gasteiger partial charge on any atom is -0.494 e. The Morgan fingerprint density at radius 3 is 2.35 bits per heavy atom. The van der Waals surface area contributed by atoms with Crippen molar-refractivity contribution < 1.29 is 13.9 Å². The highest BCUT2D eigenvalue weighted by atomic mass is 19.1. The zero-order valence-electron chi connectivity index (χ0n) is 11.1. The van der Waals surface area contributed by atoms with Crippen molar-refractivity contribution >= 4 is 0 Å². The number of halogens is 1. The molecule has 3 N–H and O–H groups in total. The van der Waals surface area contributed by atoms with Gasteiger partial charge < -0.3 is 9.47 Å². The Labute approximate surface area is 115 Å². The lowest BCUT2D eigenvalue weighted by atomic mass is 10.0. The van der Waals surface area contributed by atoms with Crippen molar-refractivity contribution in [3.05, 3.63) is 47.5 Å². The molecule has 1 heterocycles. The first kappa shape index (κ1) is 14.2. The first-order chi connectivity index (χ1) is 9.69. The van der Waals surface area contributed by atoms with E-state index in [9.17, 15) is 4.39 Å². The molecule has 106 valence electrons. The van der Waals surface area contributed by atoms with E-state index in [1.165, 1.54) is 20.3 Å². The molecule has 1 unspecified atom stereocenters. The lowest BCUT2D eigenvalue weighted by Gasteiger charge is -2.17. The molecule has 0 fully saturated rings. The van der Waals surface area contributed by atoms with E-state index in [0.717, 1.165) is 0 Å². The number of hydrogen-bond acceptors (Lipinski definition) is 6. The Balaban J connectivity index is 2.33. The molecule has 20 heavy (non-hydrogen) atoms. The maximum absolute atomic E-state index is 13.7. The molecule has 7 heteroatoms. The number of rotatable bonds is 5. The van der Waals surface area contributed by atoms with Gasteiger partial charge in [0.05, 0.1) is 20.3 Å². The van der Waals surface area contributed by atoms with Gasteiger partial charge in [-0.3, -0.25) is 5.84 Å². The number of ether oxygens (including phenoxy) is 2. The van der Waals surface area contributed by atoms with Crippen LogP contribution in [0.2, 0.25) is 0 Å². The summed E-state index contributed by atoms with van der Waals surface area (Å²) in [5.74, 6) is 5.26. The molecule has 2 rings (SSSR count). The van der Waals surface area contributed by atoms with Crippen LogP contribution >= 0.6 is 0 Å². The Kier molecular flexibility index (Phi) is 4.44. The predicted octanol–water partition coefficient (Wildman–Crippen LogP) is 1.19. The normalized spacial score (nSPS) is 12.0. The summed E-state index contributed by atoms with van der Waals surface area (Å²) in [6.07, 6.45) is 3.14. The molecule has 0 aliphatic heterocycles. The maximum Gasteiger partial charge on any atom is 0.316 e. The second kappa shape index (κ2) is 6.27. The van der Waals surface area contributed by atoms with Crippen molar-refractivity contribution in [3.63, 3.8) is 0 Å². The molecule has 0 bridgehead atoms. The smallest absolute Gasteiger partial charge is 0.316 e. The van der Waals surface area contributed by atoms with Gasteiger partial charge in [-0.15, -0.1) is 0 Å². The molecule has 0 radical (unpaired) electrons. The average molecular weight is 278 g/mol. The largest absolute Gasteiger partial charge is 0.494 e. The van der Waals surface area contributed by atoms with Gasteiger partial charge in [0.25, 0.3) is 0 Å². The van der Waals surface area contributed by atoms with Gasteiger partial charge >= 0.3 is 6.01 Å². The summed E-state index contributed by atoms with van der Waals surface area (Å²) in [5, 5.41) is 0. The summed E-state index contributed by atoms with van der Waals surface area (Å²) in [5.41, 5.74) is 3.94. The molecule has 0 saturated heterocycles. The summed E-state index contributed by atoms with van der Waals surface area (Å²) in [4.78, 5) is 8.00. The van der Waals surface area contributed by atoms with E-state index >= 15 is 0 Å². The number of aromatic nitrogens is 2. The average Bonchev–Trinajstić information content (AvgIpc) is 2.49. The molecule has 0 aliphatic carbocycles. The molecule has 1 atom stereocenters. The molecule has 0 saturated carbocycles. The van der Waals surface area contributed by atoms with Crippen molar-refractivity contribution in [3.8, 4) is 11.8 Å². The van der Waals surface area contributed by atoms with Crippen LogP contribution in [-0.4, -0.2) is 24.2 Å². The standard InChI is InChI=1S/C13H15FN4O2/c1-19-11-4-3-8(5-10(11)14)12(18-15)9-6-16-13(20-2)17-7-9/h3-7,12,18H,15H2,1-2H3. The topological polar surface area (TPSA) is 82.3 Å². The zero-order valence-corrected chi connectivity index (χ0v) is 11.1. The van der Waals surface area contributed by atoms with Crippen LogP contribution in [0.15, 0.2) is 30.6 Å². The van der Waals surface area contributed by atoms with Crippen LogP contribution in [0.25, 0.3) is 0 Å². The lowest BCUT2D eigenvalue weighted by molar-refractivity contribution is 0.378. The van der Waals surface area contributed by atoms with Gasteiger partial charge in [-0.05, 0) is 17.7 Å². The van der Waals surface area contributed by atoms with Crippen LogP contribution in [0.3, 0.4) is 0 Å². The van der Waals surface area contributed by atoms with Gasteiger partial charge in [-0.25, -0.2) is 19.8 Å². The second-order valence-electron chi connectivity index (χ2n) is 4.00. The van der Waals surface area contributed by atoms with Crippen LogP contribution in [0, 0.1) is 5.82 Å². The van der Waals surface area contributed by atoms with Crippen LogP contribution in [-0.2, 0) is 0 Å². The summed E-state index contributed by atoms with van der Waals surface area (Å²) >= 11 is 0. The molecule has 0 aliphatic rings. The van der Waals surface area contributed by atoms with Crippen molar-refractivity contribution in [2.45, 2.75) is 6.04 Å². The molecule has 2 aromatic rings. The number of methoxy groups -OCH3 is 2. The van der Waals surface area contributed by atoms with Crippen LogP contribution in [0.1, 0.15) is 17.2 Å². The first-order valence-corrected chi connectivity index (χ1v) is 5.85. The molecule has 6 nitrogen and oxygen atoms in total. The van der Waals surface area contributed by atoms with Crippen LogP contribution in [0.4, 0.5) is 4.39 Å². The Bertz CT molecular complexity index is 577. The van der Waals surface area contributed by atoms with Gasteiger partial charge in [-0.2, -0.15) is 0 Å².